The van der Waals surface area contributed by atoms with Crippen molar-refractivity contribution in [2.45, 2.75) is 25.7 Å². The van der Waals surface area contributed by atoms with Crippen molar-refractivity contribution in [3.8, 4) is 0 Å². The van der Waals surface area contributed by atoms with Crippen LogP contribution >= 0.6 is 0 Å². The van der Waals surface area contributed by atoms with Gasteiger partial charge in [0.2, 0.25) is 5.91 Å². The Morgan fingerprint density at radius 1 is 0.789 bits per heavy atom. The molecule has 7 heteroatoms. The summed E-state index contributed by atoms with van der Waals surface area (Å²) in [5, 5.41) is 9.75. The Morgan fingerprint density at radius 3 is 1.89 bits per heavy atom. The van der Waals surface area contributed by atoms with Crippen molar-refractivity contribution in [2.75, 3.05) is 45.8 Å². The van der Waals surface area contributed by atoms with E-state index in [2.05, 4.69) is 21.4 Å². The summed E-state index contributed by atoms with van der Waals surface area (Å²) in [6.45, 7) is 5.96. The Balaban J connectivity index is 2.97. The third kappa shape index (κ3) is 15.2. The number of rotatable bonds is 14. The quantitative estimate of drug-likeness (QED) is 0.0969. The molecule has 0 aliphatic heterocycles. The van der Waals surface area contributed by atoms with E-state index in [0.717, 1.165) is 52.1 Å². The molecule has 8 N–H and O–H groups in total. The minimum absolute atomic E-state index is 0.185. The lowest BCUT2D eigenvalue weighted by Crippen LogP contribution is -2.38. The van der Waals surface area contributed by atoms with E-state index >= 15 is 0 Å². The van der Waals surface area contributed by atoms with Gasteiger partial charge < -0.3 is 21.7 Å². The number of amides is 1. The first-order valence-electron chi connectivity index (χ1n) is 7.13. The number of unbranched alkanes of at least 4 members (excludes halogenated alkanes) is 1. The third-order valence-corrected chi connectivity index (χ3v) is 2.67. The van der Waals surface area contributed by atoms with Crippen LogP contribution in [0.1, 0.15) is 25.7 Å². The second kappa shape index (κ2) is 15.3. The van der Waals surface area contributed by atoms with E-state index in [1.807, 2.05) is 0 Å². The van der Waals surface area contributed by atoms with Gasteiger partial charge in [-0.3, -0.25) is 10.2 Å². The minimum atomic E-state index is -0.185. The summed E-state index contributed by atoms with van der Waals surface area (Å²) in [5.41, 5.74) is 7.48. The monoisotopic (exact) mass is 274 g/mol. The van der Waals surface area contributed by atoms with Crippen LogP contribution in [0.5, 0.6) is 0 Å². The molecule has 1 amide bonds. The average molecular weight is 274 g/mol. The molecule has 0 unspecified atom stereocenters. The number of hydrogen-bond donors (Lipinski definition) is 6. The summed E-state index contributed by atoms with van der Waals surface area (Å²) in [5.74, 6) is 4.77. The lowest BCUT2D eigenvalue weighted by Gasteiger charge is -2.06. The van der Waals surface area contributed by atoms with Gasteiger partial charge in [-0.2, -0.15) is 0 Å². The molecule has 0 aromatic heterocycles. The molecule has 0 fully saturated rings. The standard InChI is InChI=1S/C12H30N6O/c13-5-3-8-15-6-1-2-7-16-9-4-10-17-11-12(19)18-14/h15-17H,1-11,13-14H2,(H,18,19). The molecule has 0 atom stereocenters. The van der Waals surface area contributed by atoms with E-state index in [4.69, 9.17) is 11.6 Å². The van der Waals surface area contributed by atoms with Gasteiger partial charge in [0.05, 0.1) is 6.54 Å². The van der Waals surface area contributed by atoms with E-state index in [-0.39, 0.29) is 12.5 Å². The zero-order valence-corrected chi connectivity index (χ0v) is 11.8. The lowest BCUT2D eigenvalue weighted by atomic mass is 10.3. The highest BCUT2D eigenvalue weighted by molar-refractivity contribution is 5.77. The van der Waals surface area contributed by atoms with Crippen molar-refractivity contribution < 1.29 is 4.79 Å². The summed E-state index contributed by atoms with van der Waals surface area (Å²) < 4.78 is 0. The van der Waals surface area contributed by atoms with Gasteiger partial charge in [-0.1, -0.05) is 0 Å². The molecule has 0 aliphatic rings. The number of hydrogen-bond acceptors (Lipinski definition) is 6. The average Bonchev–Trinajstić information content (AvgIpc) is 2.43. The SMILES string of the molecule is NCCCNCCCCNCCCNCC(=O)NN. The molecule has 0 rings (SSSR count). The van der Waals surface area contributed by atoms with Crippen LogP contribution in [-0.2, 0) is 4.79 Å². The highest BCUT2D eigenvalue weighted by Crippen LogP contribution is 1.85. The molecule has 0 saturated carbocycles. The van der Waals surface area contributed by atoms with Crippen LogP contribution in [0.3, 0.4) is 0 Å². The normalized spacial score (nSPS) is 10.6. The molecule has 0 aromatic rings. The van der Waals surface area contributed by atoms with Crippen molar-refractivity contribution in [3.05, 3.63) is 0 Å². The highest BCUT2D eigenvalue weighted by Gasteiger charge is 1.95. The fourth-order valence-corrected chi connectivity index (χ4v) is 1.57. The van der Waals surface area contributed by atoms with Crippen molar-refractivity contribution in [2.24, 2.45) is 11.6 Å². The summed E-state index contributed by atoms with van der Waals surface area (Å²) in [4.78, 5) is 10.8. The number of nitrogens with one attached hydrogen (secondary N) is 4. The fraction of sp³-hybridized carbons (Fsp3) is 0.917. The van der Waals surface area contributed by atoms with Crippen LogP contribution in [0, 0.1) is 0 Å². The first-order chi connectivity index (χ1) is 9.31. The third-order valence-electron chi connectivity index (χ3n) is 2.67. The molecule has 0 aromatic carbocycles. The zero-order valence-electron chi connectivity index (χ0n) is 11.8. The molecule has 7 nitrogen and oxygen atoms in total. The topological polar surface area (TPSA) is 117 Å². The summed E-state index contributed by atoms with van der Waals surface area (Å²) >= 11 is 0. The molecule has 0 radical (unpaired) electrons. The van der Waals surface area contributed by atoms with Gasteiger partial charge in [-0.15, -0.1) is 0 Å². The van der Waals surface area contributed by atoms with Crippen molar-refractivity contribution in [1.82, 2.24) is 21.4 Å². The molecule has 0 saturated heterocycles. The Bertz CT molecular complexity index is 203. The molecule has 0 aliphatic carbocycles. The van der Waals surface area contributed by atoms with Crippen LogP contribution in [-0.4, -0.2) is 51.7 Å². The minimum Gasteiger partial charge on any atom is -0.330 e. The molecule has 114 valence electrons. The predicted octanol–water partition coefficient (Wildman–Crippen LogP) is -1.74. The number of carbonyl (C=O) groups excluding carboxylic acids is 1. The number of carbonyl (C=O) groups is 1. The largest absolute Gasteiger partial charge is 0.330 e. The van der Waals surface area contributed by atoms with Crippen LogP contribution in [0.15, 0.2) is 0 Å². The Morgan fingerprint density at radius 2 is 1.32 bits per heavy atom. The van der Waals surface area contributed by atoms with Crippen LogP contribution in [0.4, 0.5) is 0 Å². The van der Waals surface area contributed by atoms with Crippen molar-refractivity contribution in [1.29, 1.82) is 0 Å². The van der Waals surface area contributed by atoms with Gasteiger partial charge in [0, 0.05) is 0 Å². The van der Waals surface area contributed by atoms with Crippen LogP contribution in [0.25, 0.3) is 0 Å². The van der Waals surface area contributed by atoms with E-state index in [0.29, 0.717) is 0 Å². The van der Waals surface area contributed by atoms with Crippen LogP contribution < -0.4 is 33.0 Å². The maximum absolute atomic E-state index is 10.8. The molecule has 0 spiro atoms. The smallest absolute Gasteiger partial charge is 0.247 e. The maximum Gasteiger partial charge on any atom is 0.247 e. The van der Waals surface area contributed by atoms with Gasteiger partial charge in [-0.05, 0) is 65.0 Å². The number of hydrazine groups is 1. The van der Waals surface area contributed by atoms with E-state index < -0.39 is 0 Å². The molecular weight excluding hydrogens is 244 g/mol. The Labute approximate surface area is 116 Å². The fourth-order valence-electron chi connectivity index (χ4n) is 1.57. The van der Waals surface area contributed by atoms with E-state index in [9.17, 15) is 4.79 Å². The lowest BCUT2D eigenvalue weighted by molar-refractivity contribution is -0.120. The molecule has 0 heterocycles. The second-order valence-corrected chi connectivity index (χ2v) is 4.45. The van der Waals surface area contributed by atoms with Crippen molar-refractivity contribution in [3.63, 3.8) is 0 Å². The van der Waals surface area contributed by atoms with Gasteiger partial charge in [0.1, 0.15) is 0 Å². The maximum atomic E-state index is 10.8. The van der Waals surface area contributed by atoms with Gasteiger partial charge in [-0.25, -0.2) is 5.84 Å². The van der Waals surface area contributed by atoms with Gasteiger partial charge in [0.15, 0.2) is 0 Å². The van der Waals surface area contributed by atoms with E-state index in [1.165, 1.54) is 12.8 Å². The predicted molar refractivity (Wildman–Crippen MR) is 78.5 cm³/mol. The first kappa shape index (κ1) is 18.3. The van der Waals surface area contributed by atoms with Crippen LogP contribution in [0.2, 0.25) is 0 Å². The Kier molecular flexibility index (Phi) is 14.7. The van der Waals surface area contributed by atoms with Crippen molar-refractivity contribution >= 4 is 5.91 Å². The first-order valence-corrected chi connectivity index (χ1v) is 7.13. The summed E-state index contributed by atoms with van der Waals surface area (Å²) in [6, 6.07) is 0. The zero-order chi connectivity index (χ0) is 14.2. The molecular formula is C12H30N6O. The number of nitrogens with two attached hydrogens (primary N) is 2. The molecule has 19 heavy (non-hydrogen) atoms. The second-order valence-electron chi connectivity index (χ2n) is 4.45. The van der Waals surface area contributed by atoms with Gasteiger partial charge >= 0.3 is 0 Å². The Hall–Kier alpha value is -0.730. The van der Waals surface area contributed by atoms with E-state index in [1.54, 1.807) is 0 Å². The molecule has 0 bridgehead atoms. The van der Waals surface area contributed by atoms with Gasteiger partial charge in [0.25, 0.3) is 0 Å². The summed E-state index contributed by atoms with van der Waals surface area (Å²) in [6.07, 6.45) is 4.42. The summed E-state index contributed by atoms with van der Waals surface area (Å²) in [7, 11) is 0. The highest BCUT2D eigenvalue weighted by atomic mass is 16.2.